The first kappa shape index (κ1) is 24.8. The Bertz CT molecular complexity index is 1520. The fourth-order valence-corrected chi connectivity index (χ4v) is 3.93. The molecule has 1 aliphatic carbocycles. The molecule has 34 heavy (non-hydrogen) atoms. The van der Waals surface area contributed by atoms with Crippen LogP contribution in [0.4, 0.5) is 17.1 Å². The standard InChI is InChI=1S/C20H14N2O5S.C3H6O2S/c21-18-15(28(25,26)27)10-14(22-11-6-2-1-3-7-11)16-17(18)20(24)13-9-5-4-8-12(13)19(16)23;1-3-6(2,4)5/h1-10,22H,21H2,(H,25,26,27);3H,1H2,2H3. The predicted molar refractivity (Wildman–Crippen MR) is 129 cm³/mol. The van der Waals surface area contributed by atoms with Crippen LogP contribution in [0, 0.1) is 0 Å². The molecule has 3 aromatic carbocycles. The van der Waals surface area contributed by atoms with Crippen molar-refractivity contribution in [1.29, 1.82) is 0 Å². The van der Waals surface area contributed by atoms with E-state index in [4.69, 9.17) is 5.73 Å². The van der Waals surface area contributed by atoms with Gasteiger partial charge in [-0.05, 0) is 18.2 Å². The zero-order valence-electron chi connectivity index (χ0n) is 17.8. The summed E-state index contributed by atoms with van der Waals surface area (Å²) in [6.45, 7) is 3.04. The summed E-state index contributed by atoms with van der Waals surface area (Å²) in [5.74, 6) is -1.04. The van der Waals surface area contributed by atoms with E-state index in [1.807, 2.05) is 0 Å². The Labute approximate surface area is 196 Å². The van der Waals surface area contributed by atoms with E-state index in [-0.39, 0.29) is 27.9 Å². The molecular formula is C23H20N2O7S2. The normalized spacial score (nSPS) is 12.6. The van der Waals surface area contributed by atoms with Crippen molar-refractivity contribution in [2.24, 2.45) is 0 Å². The molecule has 9 nitrogen and oxygen atoms in total. The molecule has 0 aromatic heterocycles. The topological polar surface area (TPSA) is 161 Å². The Morgan fingerprint density at radius 3 is 1.82 bits per heavy atom. The number of carbonyl (C=O) groups is 2. The van der Waals surface area contributed by atoms with Gasteiger partial charge >= 0.3 is 0 Å². The number of nitrogens with two attached hydrogens (primary N) is 1. The van der Waals surface area contributed by atoms with Crippen LogP contribution in [0.1, 0.15) is 31.8 Å². The molecule has 0 spiro atoms. The molecule has 0 fully saturated rings. The maximum absolute atomic E-state index is 13.1. The molecule has 0 aliphatic heterocycles. The van der Waals surface area contributed by atoms with E-state index < -0.39 is 42.1 Å². The van der Waals surface area contributed by atoms with Crippen LogP contribution < -0.4 is 11.1 Å². The molecule has 3 aromatic rings. The lowest BCUT2D eigenvalue weighted by molar-refractivity contribution is 0.0980. The van der Waals surface area contributed by atoms with E-state index >= 15 is 0 Å². The molecule has 11 heteroatoms. The number of rotatable bonds is 4. The Kier molecular flexibility index (Phi) is 6.73. The summed E-state index contributed by atoms with van der Waals surface area (Å²) >= 11 is 0. The molecule has 0 saturated heterocycles. The molecule has 0 unspecified atom stereocenters. The van der Waals surface area contributed by atoms with Crippen LogP contribution in [0.2, 0.25) is 0 Å². The van der Waals surface area contributed by atoms with E-state index in [1.54, 1.807) is 42.5 Å². The van der Waals surface area contributed by atoms with E-state index in [0.29, 0.717) is 5.69 Å². The van der Waals surface area contributed by atoms with Crippen LogP contribution in [-0.2, 0) is 20.0 Å². The number of hydrogen-bond acceptors (Lipinski definition) is 8. The molecule has 0 bridgehead atoms. The van der Waals surface area contributed by atoms with Gasteiger partial charge in [-0.1, -0.05) is 49.0 Å². The van der Waals surface area contributed by atoms with Crippen molar-refractivity contribution >= 4 is 48.6 Å². The number of nitrogens with one attached hydrogen (secondary N) is 1. The summed E-state index contributed by atoms with van der Waals surface area (Å²) < 4.78 is 53.0. The van der Waals surface area contributed by atoms with E-state index in [2.05, 4.69) is 11.9 Å². The van der Waals surface area contributed by atoms with Gasteiger partial charge in [0, 0.05) is 28.5 Å². The van der Waals surface area contributed by atoms with Gasteiger partial charge in [0.15, 0.2) is 21.4 Å². The Hall–Kier alpha value is -3.80. The third-order valence-corrected chi connectivity index (χ3v) is 6.33. The maximum atomic E-state index is 13.1. The molecule has 0 atom stereocenters. The lowest BCUT2D eigenvalue weighted by Crippen LogP contribution is -2.25. The highest BCUT2D eigenvalue weighted by atomic mass is 32.2. The summed E-state index contributed by atoms with van der Waals surface area (Å²) in [6.07, 6.45) is 1.10. The number of nitrogen functional groups attached to an aromatic ring is 1. The molecule has 0 heterocycles. The average Bonchev–Trinajstić information content (AvgIpc) is 2.78. The summed E-state index contributed by atoms with van der Waals surface area (Å²) in [6, 6.07) is 16.0. The average molecular weight is 501 g/mol. The summed E-state index contributed by atoms with van der Waals surface area (Å²) in [5.41, 5.74) is 6.16. The van der Waals surface area contributed by atoms with Gasteiger partial charge in [-0.25, -0.2) is 8.42 Å². The number of hydrogen-bond donors (Lipinski definition) is 3. The van der Waals surface area contributed by atoms with E-state index in [9.17, 15) is 31.0 Å². The molecule has 0 amide bonds. The molecule has 4 N–H and O–H groups in total. The Morgan fingerprint density at radius 1 is 0.882 bits per heavy atom. The van der Waals surface area contributed by atoms with Crippen molar-refractivity contribution < 1.29 is 31.0 Å². The fraction of sp³-hybridized carbons (Fsp3) is 0.0435. The maximum Gasteiger partial charge on any atom is 0.296 e. The van der Waals surface area contributed by atoms with Crippen LogP contribution in [0.3, 0.4) is 0 Å². The fourth-order valence-electron chi connectivity index (χ4n) is 3.28. The number of ketones is 2. The largest absolute Gasteiger partial charge is 0.397 e. The number of benzene rings is 3. The highest BCUT2D eigenvalue weighted by molar-refractivity contribution is 7.93. The summed E-state index contributed by atoms with van der Waals surface area (Å²) in [4.78, 5) is 25.5. The van der Waals surface area contributed by atoms with Gasteiger partial charge in [0.1, 0.15) is 4.90 Å². The van der Waals surface area contributed by atoms with Crippen molar-refractivity contribution in [3.05, 3.63) is 94.9 Å². The minimum absolute atomic E-state index is 0.0301. The van der Waals surface area contributed by atoms with Crippen molar-refractivity contribution in [3.63, 3.8) is 0 Å². The molecule has 0 radical (unpaired) electrons. The third-order valence-electron chi connectivity index (χ3n) is 4.83. The number of para-hydroxylation sites is 1. The van der Waals surface area contributed by atoms with Gasteiger partial charge in [-0.2, -0.15) is 8.42 Å². The minimum atomic E-state index is -4.73. The second-order valence-electron chi connectivity index (χ2n) is 7.25. The van der Waals surface area contributed by atoms with Crippen LogP contribution in [0.5, 0.6) is 0 Å². The first-order valence-electron chi connectivity index (χ1n) is 9.62. The van der Waals surface area contributed by atoms with Gasteiger partial charge in [0.2, 0.25) is 0 Å². The van der Waals surface area contributed by atoms with Crippen molar-refractivity contribution in [2.45, 2.75) is 4.90 Å². The predicted octanol–water partition coefficient (Wildman–Crippen LogP) is 3.21. The molecule has 1 aliphatic rings. The monoisotopic (exact) mass is 500 g/mol. The number of fused-ring (bicyclic) bond motifs is 2. The van der Waals surface area contributed by atoms with Gasteiger partial charge < -0.3 is 11.1 Å². The van der Waals surface area contributed by atoms with Crippen LogP contribution in [0.15, 0.2) is 77.5 Å². The first-order chi connectivity index (χ1) is 15.8. The van der Waals surface area contributed by atoms with E-state index in [1.165, 1.54) is 12.1 Å². The molecule has 176 valence electrons. The number of sulfone groups is 1. The van der Waals surface area contributed by atoms with Crippen LogP contribution in [0.25, 0.3) is 0 Å². The second kappa shape index (κ2) is 9.21. The minimum Gasteiger partial charge on any atom is -0.397 e. The lowest BCUT2D eigenvalue weighted by Gasteiger charge is -2.23. The lowest BCUT2D eigenvalue weighted by atomic mass is 9.82. The van der Waals surface area contributed by atoms with Crippen molar-refractivity contribution in [3.8, 4) is 0 Å². The summed E-state index contributed by atoms with van der Waals surface area (Å²) in [7, 11) is -7.63. The molecule has 4 rings (SSSR count). The highest BCUT2D eigenvalue weighted by Gasteiger charge is 2.36. The third kappa shape index (κ3) is 5.06. The first-order valence-corrected chi connectivity index (χ1v) is 13.0. The van der Waals surface area contributed by atoms with Crippen molar-refractivity contribution in [1.82, 2.24) is 0 Å². The molecule has 0 saturated carbocycles. The SMILES string of the molecule is C=CS(C)(=O)=O.Nc1c(S(=O)(=O)O)cc(Nc2ccccc2)c2c1C(=O)c1ccccc1C2=O. The number of carbonyl (C=O) groups excluding carboxylic acids is 2. The quantitative estimate of drug-likeness (QED) is 0.282. The highest BCUT2D eigenvalue weighted by Crippen LogP contribution is 2.39. The van der Waals surface area contributed by atoms with Crippen molar-refractivity contribution in [2.75, 3.05) is 17.3 Å². The van der Waals surface area contributed by atoms with Crippen LogP contribution >= 0.6 is 0 Å². The zero-order valence-corrected chi connectivity index (χ0v) is 19.5. The molecular weight excluding hydrogens is 480 g/mol. The Morgan fingerprint density at radius 2 is 1.35 bits per heavy atom. The van der Waals surface area contributed by atoms with Gasteiger partial charge in [-0.15, -0.1) is 0 Å². The zero-order chi connectivity index (χ0) is 25.3. The van der Waals surface area contributed by atoms with E-state index in [0.717, 1.165) is 17.7 Å². The Balaban J connectivity index is 0.000000481. The van der Waals surface area contributed by atoms with Gasteiger partial charge in [0.05, 0.1) is 22.5 Å². The van der Waals surface area contributed by atoms with Gasteiger partial charge in [0.25, 0.3) is 10.1 Å². The van der Waals surface area contributed by atoms with Gasteiger partial charge in [-0.3, -0.25) is 14.1 Å². The smallest absolute Gasteiger partial charge is 0.296 e. The number of anilines is 3. The van der Waals surface area contributed by atoms with Crippen LogP contribution in [-0.4, -0.2) is 39.2 Å². The second-order valence-corrected chi connectivity index (χ2v) is 10.6. The summed E-state index contributed by atoms with van der Waals surface area (Å²) in [5, 5.41) is 3.86.